The second-order valence-corrected chi connectivity index (χ2v) is 18.9. The maximum absolute atomic E-state index is 14.1. The fraction of sp³-hybridized carbons (Fsp3) is 0.719. The van der Waals surface area contributed by atoms with Crippen molar-refractivity contribution in [1.82, 2.24) is 4.90 Å². The first-order chi connectivity index (χ1) is 19.1. The number of carbonyl (C=O) groups is 3. The number of nitrogens with zero attached hydrogens (tertiary/aromatic N) is 1. The van der Waals surface area contributed by atoms with E-state index >= 15 is 0 Å². The van der Waals surface area contributed by atoms with Crippen molar-refractivity contribution in [3.8, 4) is 0 Å². The lowest BCUT2D eigenvalue weighted by molar-refractivity contribution is -0.296. The standard InChI is InChI=1S/C32H49NO7Si/c1-21(2)24-15-14-22(3)18-26(24)39-29(35)25-19-32(40-41(7,8)31(4,5)6,38-20-23-12-10-9-11-13-23)27(25)28(34)33-16-17-37-30(33)36/h9-13,21-22,24-27H,14-20H2,1-8H3. The summed E-state index contributed by atoms with van der Waals surface area (Å²) < 4.78 is 24.8. The summed E-state index contributed by atoms with van der Waals surface area (Å²) in [7, 11) is -2.50. The van der Waals surface area contributed by atoms with E-state index in [-0.39, 0.29) is 43.2 Å². The number of imide groups is 1. The van der Waals surface area contributed by atoms with Crippen LogP contribution in [-0.2, 0) is 34.8 Å². The van der Waals surface area contributed by atoms with E-state index in [1.54, 1.807) is 0 Å². The number of cyclic esters (lactones) is 1. The third kappa shape index (κ3) is 6.72. The van der Waals surface area contributed by atoms with Crippen molar-refractivity contribution in [2.24, 2.45) is 29.6 Å². The molecule has 2 amide bonds. The highest BCUT2D eigenvalue weighted by Crippen LogP contribution is 2.54. The van der Waals surface area contributed by atoms with Crippen molar-refractivity contribution < 1.29 is 33.0 Å². The zero-order valence-electron chi connectivity index (χ0n) is 26.1. The molecule has 41 heavy (non-hydrogen) atoms. The van der Waals surface area contributed by atoms with Gasteiger partial charge in [-0.2, -0.15) is 0 Å². The summed E-state index contributed by atoms with van der Waals surface area (Å²) in [4.78, 5) is 41.6. The Morgan fingerprint density at radius 3 is 2.41 bits per heavy atom. The van der Waals surface area contributed by atoms with Crippen molar-refractivity contribution >= 4 is 26.3 Å². The van der Waals surface area contributed by atoms with Crippen LogP contribution in [0.15, 0.2) is 30.3 Å². The van der Waals surface area contributed by atoms with Crippen LogP contribution in [0.2, 0.25) is 18.1 Å². The van der Waals surface area contributed by atoms with Gasteiger partial charge in [0.15, 0.2) is 14.1 Å². The monoisotopic (exact) mass is 587 g/mol. The Bertz CT molecular complexity index is 1100. The summed E-state index contributed by atoms with van der Waals surface area (Å²) in [6.07, 6.45) is 2.25. The molecule has 3 fully saturated rings. The minimum Gasteiger partial charge on any atom is -0.462 e. The summed E-state index contributed by atoms with van der Waals surface area (Å²) in [6.45, 7) is 17.6. The predicted molar refractivity (Wildman–Crippen MR) is 158 cm³/mol. The number of amides is 2. The Labute approximate surface area is 246 Å². The lowest BCUT2D eigenvalue weighted by Gasteiger charge is -2.56. The number of hydrogen-bond acceptors (Lipinski definition) is 7. The molecule has 9 heteroatoms. The number of benzene rings is 1. The molecule has 1 aliphatic heterocycles. The Balaban J connectivity index is 1.67. The minimum absolute atomic E-state index is 0.128. The number of ether oxygens (including phenoxy) is 3. The van der Waals surface area contributed by atoms with Crippen molar-refractivity contribution in [2.75, 3.05) is 13.2 Å². The first-order valence-corrected chi connectivity index (χ1v) is 18.1. The molecule has 4 rings (SSSR count). The highest BCUT2D eigenvalue weighted by molar-refractivity contribution is 6.74. The normalized spacial score (nSPS) is 30.6. The van der Waals surface area contributed by atoms with Crippen LogP contribution in [0.25, 0.3) is 0 Å². The Kier molecular flexibility index (Phi) is 9.41. The molecule has 8 nitrogen and oxygen atoms in total. The summed E-state index contributed by atoms with van der Waals surface area (Å²) >= 11 is 0. The zero-order valence-corrected chi connectivity index (χ0v) is 27.1. The van der Waals surface area contributed by atoms with Crippen LogP contribution < -0.4 is 0 Å². The van der Waals surface area contributed by atoms with Crippen LogP contribution in [0.5, 0.6) is 0 Å². The van der Waals surface area contributed by atoms with Crippen LogP contribution in [0.4, 0.5) is 4.79 Å². The van der Waals surface area contributed by atoms with Gasteiger partial charge in [-0.05, 0) is 54.3 Å². The van der Waals surface area contributed by atoms with Gasteiger partial charge in [-0.15, -0.1) is 0 Å². The van der Waals surface area contributed by atoms with Crippen molar-refractivity contribution in [3.05, 3.63) is 35.9 Å². The van der Waals surface area contributed by atoms with E-state index in [1.165, 1.54) is 0 Å². The highest BCUT2D eigenvalue weighted by Gasteiger charge is 2.67. The molecule has 1 aromatic carbocycles. The molecule has 2 saturated carbocycles. The van der Waals surface area contributed by atoms with E-state index in [9.17, 15) is 14.4 Å². The number of hydrogen-bond donors (Lipinski definition) is 0. The van der Waals surface area contributed by atoms with Gasteiger partial charge in [0, 0.05) is 6.42 Å². The first-order valence-electron chi connectivity index (χ1n) is 15.2. The molecule has 0 spiro atoms. The molecule has 1 aromatic rings. The van der Waals surface area contributed by atoms with Gasteiger partial charge in [0.05, 0.1) is 19.1 Å². The molecule has 1 heterocycles. The van der Waals surface area contributed by atoms with E-state index in [4.69, 9.17) is 18.6 Å². The molecule has 0 N–H and O–H groups in total. The van der Waals surface area contributed by atoms with E-state index in [2.05, 4.69) is 54.6 Å². The van der Waals surface area contributed by atoms with E-state index in [0.29, 0.717) is 11.8 Å². The second-order valence-electron chi connectivity index (χ2n) is 14.1. The summed E-state index contributed by atoms with van der Waals surface area (Å²) in [5, 5.41) is -0.176. The van der Waals surface area contributed by atoms with E-state index < -0.39 is 43.9 Å². The van der Waals surface area contributed by atoms with E-state index in [1.807, 2.05) is 30.3 Å². The van der Waals surface area contributed by atoms with Crippen LogP contribution in [0, 0.1) is 29.6 Å². The average molecular weight is 588 g/mol. The van der Waals surface area contributed by atoms with Gasteiger partial charge in [-0.1, -0.05) is 78.3 Å². The number of rotatable bonds is 9. The Morgan fingerprint density at radius 1 is 1.15 bits per heavy atom. The fourth-order valence-corrected chi connectivity index (χ4v) is 7.61. The SMILES string of the molecule is CC1CCC(C(C)C)C(OC(=O)C2CC(OCc3ccccc3)(O[Si](C)(C)C(C)(C)C)C2C(=O)N2CCOC2=O)C1. The topological polar surface area (TPSA) is 91.4 Å². The third-order valence-corrected chi connectivity index (χ3v) is 14.2. The smallest absolute Gasteiger partial charge is 0.416 e. The van der Waals surface area contributed by atoms with E-state index in [0.717, 1.165) is 29.7 Å². The predicted octanol–water partition coefficient (Wildman–Crippen LogP) is 6.54. The van der Waals surface area contributed by atoms with Gasteiger partial charge >= 0.3 is 12.1 Å². The molecule has 6 unspecified atom stereocenters. The molecule has 0 aromatic heterocycles. The van der Waals surface area contributed by atoms with Gasteiger partial charge in [0.25, 0.3) is 0 Å². The lowest BCUT2D eigenvalue weighted by atomic mass is 9.66. The second kappa shape index (κ2) is 12.2. The fourth-order valence-electron chi connectivity index (χ4n) is 6.17. The molecule has 0 radical (unpaired) electrons. The molecule has 6 atom stereocenters. The first kappa shape index (κ1) is 31.7. The van der Waals surface area contributed by atoms with Crippen LogP contribution >= 0.6 is 0 Å². The van der Waals surface area contributed by atoms with Gasteiger partial charge in [-0.25, -0.2) is 9.69 Å². The van der Waals surface area contributed by atoms with Crippen LogP contribution in [-0.4, -0.2) is 56.2 Å². The summed E-state index contributed by atoms with van der Waals surface area (Å²) in [5.41, 5.74) is 0.930. The largest absolute Gasteiger partial charge is 0.462 e. The zero-order chi connectivity index (χ0) is 30.2. The maximum atomic E-state index is 14.1. The lowest BCUT2D eigenvalue weighted by Crippen LogP contribution is -2.68. The molecule has 228 valence electrons. The third-order valence-electron chi connectivity index (χ3n) is 9.77. The van der Waals surface area contributed by atoms with Crippen LogP contribution in [0.3, 0.4) is 0 Å². The Hall–Kier alpha value is -2.23. The van der Waals surface area contributed by atoms with Crippen molar-refractivity contribution in [3.63, 3.8) is 0 Å². The molecule has 3 aliphatic rings. The maximum Gasteiger partial charge on any atom is 0.416 e. The summed E-state index contributed by atoms with van der Waals surface area (Å²) in [5.74, 6) is -2.92. The van der Waals surface area contributed by atoms with Gasteiger partial charge < -0.3 is 18.6 Å². The summed E-state index contributed by atoms with van der Waals surface area (Å²) in [6, 6.07) is 9.70. The van der Waals surface area contributed by atoms with Gasteiger partial charge in [0.2, 0.25) is 5.91 Å². The van der Waals surface area contributed by atoms with Crippen LogP contribution in [0.1, 0.15) is 72.8 Å². The molecule has 1 saturated heterocycles. The minimum atomic E-state index is -2.50. The molecular weight excluding hydrogens is 538 g/mol. The number of esters is 1. The molecular formula is C32H49NO7Si. The average Bonchev–Trinajstić information content (AvgIpc) is 3.31. The number of carbonyl (C=O) groups excluding carboxylic acids is 3. The van der Waals surface area contributed by atoms with Crippen molar-refractivity contribution in [2.45, 2.75) is 104 Å². The molecule has 0 bridgehead atoms. The highest BCUT2D eigenvalue weighted by atomic mass is 28.4. The van der Waals surface area contributed by atoms with Gasteiger partial charge in [0.1, 0.15) is 18.6 Å². The Morgan fingerprint density at radius 2 is 1.83 bits per heavy atom. The quantitative estimate of drug-likeness (QED) is 0.184. The molecule has 2 aliphatic carbocycles. The van der Waals surface area contributed by atoms with Crippen molar-refractivity contribution in [1.29, 1.82) is 0 Å². The van der Waals surface area contributed by atoms with Gasteiger partial charge in [-0.3, -0.25) is 9.59 Å².